The van der Waals surface area contributed by atoms with Crippen molar-refractivity contribution in [3.05, 3.63) is 47.5 Å². The number of aryl methyl sites for hydroxylation is 1. The van der Waals surface area contributed by atoms with Crippen LogP contribution in [-0.4, -0.2) is 27.8 Å². The molecule has 0 bridgehead atoms. The lowest BCUT2D eigenvalue weighted by atomic mass is 9.94. The number of carbonyl (C=O) groups excluding carboxylic acids is 1. The van der Waals surface area contributed by atoms with Gasteiger partial charge in [-0.05, 0) is 18.4 Å². The number of benzene rings is 1. The highest BCUT2D eigenvalue weighted by Crippen LogP contribution is 2.25. The highest BCUT2D eigenvalue weighted by atomic mass is 35.5. The summed E-state index contributed by atoms with van der Waals surface area (Å²) in [5, 5.41) is 7.53. The third kappa shape index (κ3) is 5.42. The first-order valence-corrected chi connectivity index (χ1v) is 8.63. The minimum Gasteiger partial charge on any atom is -0.377 e. The molecule has 0 radical (unpaired) electrons. The molecule has 2 aromatic rings. The number of carbonyl (C=O) groups is 1. The van der Waals surface area contributed by atoms with Crippen LogP contribution >= 0.6 is 24.8 Å². The van der Waals surface area contributed by atoms with Crippen LogP contribution in [0.1, 0.15) is 49.1 Å². The summed E-state index contributed by atoms with van der Waals surface area (Å²) in [6.07, 6.45) is 1.80. The van der Waals surface area contributed by atoms with Gasteiger partial charge in [0.25, 0.3) is 0 Å². The van der Waals surface area contributed by atoms with Gasteiger partial charge in [-0.2, -0.15) is 5.10 Å². The molecule has 1 amide bonds. The molecule has 2 heterocycles. The van der Waals surface area contributed by atoms with E-state index in [0.29, 0.717) is 12.4 Å². The second-order valence-corrected chi connectivity index (χ2v) is 6.47. The van der Waals surface area contributed by atoms with Crippen LogP contribution in [-0.2, 0) is 22.7 Å². The molecule has 3 N–H and O–H groups in total. The summed E-state index contributed by atoms with van der Waals surface area (Å²) >= 11 is 0. The second-order valence-electron chi connectivity index (χ2n) is 6.47. The molecule has 1 aliphatic rings. The molecule has 3 unspecified atom stereocenters. The van der Waals surface area contributed by atoms with Crippen LogP contribution in [0.2, 0.25) is 0 Å². The van der Waals surface area contributed by atoms with Crippen LogP contribution in [0.25, 0.3) is 0 Å². The van der Waals surface area contributed by atoms with Crippen LogP contribution in [0.15, 0.2) is 30.3 Å². The number of halogens is 2. The number of amides is 1. The zero-order valence-corrected chi connectivity index (χ0v) is 17.1. The predicted octanol–water partition coefficient (Wildman–Crippen LogP) is 2.56. The van der Waals surface area contributed by atoms with Gasteiger partial charge in [0.1, 0.15) is 12.4 Å². The Kier molecular flexibility index (Phi) is 9.18. The van der Waals surface area contributed by atoms with Crippen LogP contribution in [0, 0.1) is 5.92 Å². The quantitative estimate of drug-likeness (QED) is 0.755. The van der Waals surface area contributed by atoms with E-state index in [0.717, 1.165) is 30.8 Å². The molecule has 27 heavy (non-hydrogen) atoms. The number of rotatable bonds is 6. The zero-order valence-electron chi connectivity index (χ0n) is 15.5. The topological polar surface area (TPSA) is 95.1 Å². The van der Waals surface area contributed by atoms with Crippen molar-refractivity contribution in [2.45, 2.75) is 45.0 Å². The van der Waals surface area contributed by atoms with E-state index in [-0.39, 0.29) is 48.7 Å². The Labute approximate surface area is 171 Å². The molecule has 0 saturated heterocycles. The Morgan fingerprint density at radius 2 is 2.07 bits per heavy atom. The highest BCUT2D eigenvalue weighted by Gasteiger charge is 2.29. The number of nitrogens with one attached hydrogen (secondary N) is 1. The SMILES string of the molecule is COCc1nc2n(n1)CCCC2NC(=O)C(C)C(N)c1ccccc1.Cl.Cl. The Hall–Kier alpha value is -1.67. The first-order valence-electron chi connectivity index (χ1n) is 8.63. The predicted molar refractivity (Wildman–Crippen MR) is 108 cm³/mol. The maximum Gasteiger partial charge on any atom is 0.225 e. The van der Waals surface area contributed by atoms with Gasteiger partial charge in [0, 0.05) is 19.7 Å². The number of hydrogen-bond acceptors (Lipinski definition) is 5. The van der Waals surface area contributed by atoms with E-state index >= 15 is 0 Å². The third-order valence-electron chi connectivity index (χ3n) is 4.65. The number of hydrogen-bond donors (Lipinski definition) is 2. The largest absolute Gasteiger partial charge is 0.377 e. The van der Waals surface area contributed by atoms with E-state index < -0.39 is 0 Å². The molecule has 9 heteroatoms. The molecule has 1 aliphatic heterocycles. The summed E-state index contributed by atoms with van der Waals surface area (Å²) in [6.45, 7) is 3.05. The van der Waals surface area contributed by atoms with E-state index in [4.69, 9.17) is 10.5 Å². The van der Waals surface area contributed by atoms with Gasteiger partial charge < -0.3 is 15.8 Å². The zero-order chi connectivity index (χ0) is 17.8. The van der Waals surface area contributed by atoms with Gasteiger partial charge >= 0.3 is 0 Å². The summed E-state index contributed by atoms with van der Waals surface area (Å²) in [5.74, 6) is 1.05. The van der Waals surface area contributed by atoms with Gasteiger partial charge in [-0.3, -0.25) is 4.79 Å². The van der Waals surface area contributed by atoms with E-state index in [1.54, 1.807) is 7.11 Å². The number of ether oxygens (including phenoxy) is 1. The Morgan fingerprint density at radius 3 is 2.74 bits per heavy atom. The second kappa shape index (κ2) is 10.6. The first kappa shape index (κ1) is 23.4. The first-order chi connectivity index (χ1) is 12.1. The van der Waals surface area contributed by atoms with Gasteiger partial charge in [-0.25, -0.2) is 9.67 Å². The molecule has 0 aliphatic carbocycles. The molecule has 0 fully saturated rings. The van der Waals surface area contributed by atoms with Crippen molar-refractivity contribution in [3.8, 4) is 0 Å². The summed E-state index contributed by atoms with van der Waals surface area (Å²) in [5.41, 5.74) is 7.23. The van der Waals surface area contributed by atoms with E-state index in [1.165, 1.54) is 0 Å². The lowest BCUT2D eigenvalue weighted by Crippen LogP contribution is -2.39. The van der Waals surface area contributed by atoms with Crippen molar-refractivity contribution in [1.82, 2.24) is 20.1 Å². The van der Waals surface area contributed by atoms with Gasteiger partial charge in [0.2, 0.25) is 5.91 Å². The normalized spacial score (nSPS) is 17.7. The molecule has 3 rings (SSSR count). The summed E-state index contributed by atoms with van der Waals surface area (Å²) in [6, 6.07) is 9.22. The maximum absolute atomic E-state index is 12.7. The molecule has 1 aromatic heterocycles. The minimum atomic E-state index is -0.341. The number of fused-ring (bicyclic) bond motifs is 1. The number of aromatic nitrogens is 3. The Balaban J connectivity index is 0.00000182. The third-order valence-corrected chi connectivity index (χ3v) is 4.65. The fourth-order valence-electron chi connectivity index (χ4n) is 3.16. The number of methoxy groups -OCH3 is 1. The number of nitrogens with two attached hydrogens (primary N) is 1. The van der Waals surface area contributed by atoms with Crippen LogP contribution in [0.3, 0.4) is 0 Å². The molecular formula is C18H27Cl2N5O2. The fourth-order valence-corrected chi connectivity index (χ4v) is 3.16. The lowest BCUT2D eigenvalue weighted by Gasteiger charge is -2.26. The summed E-state index contributed by atoms with van der Waals surface area (Å²) in [4.78, 5) is 17.2. The molecular weight excluding hydrogens is 389 g/mol. The lowest BCUT2D eigenvalue weighted by molar-refractivity contribution is -0.126. The molecule has 150 valence electrons. The van der Waals surface area contributed by atoms with Crippen molar-refractivity contribution in [2.75, 3.05) is 7.11 Å². The molecule has 0 spiro atoms. The van der Waals surface area contributed by atoms with E-state index in [9.17, 15) is 4.79 Å². The summed E-state index contributed by atoms with van der Waals surface area (Å²) < 4.78 is 6.96. The van der Waals surface area contributed by atoms with Crippen LogP contribution < -0.4 is 11.1 Å². The standard InChI is InChI=1S/C18H25N5O2.2ClH/c1-12(16(19)13-7-4-3-5-8-13)18(24)20-14-9-6-10-23-17(14)21-15(22-23)11-25-2;;/h3-5,7-8,12,14,16H,6,9-11,19H2,1-2H3,(H,20,24);2*1H. The van der Waals surface area contributed by atoms with E-state index in [2.05, 4.69) is 15.4 Å². The van der Waals surface area contributed by atoms with Crippen LogP contribution in [0.5, 0.6) is 0 Å². The summed E-state index contributed by atoms with van der Waals surface area (Å²) in [7, 11) is 1.62. The molecule has 1 aromatic carbocycles. The van der Waals surface area contributed by atoms with Crippen molar-refractivity contribution in [2.24, 2.45) is 11.7 Å². The molecule has 3 atom stereocenters. The molecule has 0 saturated carbocycles. The van der Waals surface area contributed by atoms with Crippen molar-refractivity contribution < 1.29 is 9.53 Å². The Morgan fingerprint density at radius 1 is 1.37 bits per heavy atom. The molecule has 7 nitrogen and oxygen atoms in total. The van der Waals surface area contributed by atoms with E-state index in [1.807, 2.05) is 41.9 Å². The van der Waals surface area contributed by atoms with Gasteiger partial charge in [0.05, 0.1) is 12.0 Å². The van der Waals surface area contributed by atoms with Gasteiger partial charge in [-0.1, -0.05) is 37.3 Å². The van der Waals surface area contributed by atoms with Crippen molar-refractivity contribution in [1.29, 1.82) is 0 Å². The Bertz CT molecular complexity index is 726. The van der Waals surface area contributed by atoms with Gasteiger partial charge in [-0.15, -0.1) is 24.8 Å². The average Bonchev–Trinajstić information content (AvgIpc) is 3.05. The van der Waals surface area contributed by atoms with Crippen molar-refractivity contribution in [3.63, 3.8) is 0 Å². The minimum absolute atomic E-state index is 0. The highest BCUT2D eigenvalue weighted by molar-refractivity contribution is 5.85. The van der Waals surface area contributed by atoms with Gasteiger partial charge in [0.15, 0.2) is 5.82 Å². The van der Waals surface area contributed by atoms with Crippen molar-refractivity contribution >= 4 is 30.7 Å². The average molecular weight is 416 g/mol. The monoisotopic (exact) mass is 415 g/mol. The fraction of sp³-hybridized carbons (Fsp3) is 0.500. The maximum atomic E-state index is 12.7. The smallest absolute Gasteiger partial charge is 0.225 e. The number of nitrogens with zero attached hydrogens (tertiary/aromatic N) is 3. The van der Waals surface area contributed by atoms with Crippen LogP contribution in [0.4, 0.5) is 0 Å².